The van der Waals surface area contributed by atoms with Crippen molar-refractivity contribution < 1.29 is 9.53 Å². The first-order valence-electron chi connectivity index (χ1n) is 7.24. The summed E-state index contributed by atoms with van der Waals surface area (Å²) in [4.78, 5) is 15.9. The fourth-order valence-electron chi connectivity index (χ4n) is 1.91. The summed E-state index contributed by atoms with van der Waals surface area (Å²) in [6.07, 6.45) is 0.741. The molecule has 1 aromatic carbocycles. The molecule has 22 heavy (non-hydrogen) atoms. The van der Waals surface area contributed by atoms with Gasteiger partial charge in [0, 0.05) is 18.3 Å². The van der Waals surface area contributed by atoms with Crippen molar-refractivity contribution in [1.29, 1.82) is 0 Å². The molecule has 1 atom stereocenters. The first-order valence-corrected chi connectivity index (χ1v) is 8.18. The molecule has 0 unspecified atom stereocenters. The Kier molecular flexibility index (Phi) is 6.21. The van der Waals surface area contributed by atoms with Crippen LogP contribution in [-0.4, -0.2) is 30.2 Å². The molecule has 0 spiro atoms. The lowest BCUT2D eigenvalue weighted by atomic mass is 10.2. The number of carbonyl (C=O) groups excluding carboxylic acids is 1. The molecule has 0 aliphatic carbocycles. The molecular weight excluding hydrogens is 298 g/mol. The SMILES string of the molecule is Cc1cccc(OC[C@@H](C)NC(=O)NCCc2cscn2)c1. The third-order valence-corrected chi connectivity index (χ3v) is 3.65. The predicted molar refractivity (Wildman–Crippen MR) is 88.5 cm³/mol. The van der Waals surface area contributed by atoms with E-state index in [1.807, 2.05) is 43.5 Å². The van der Waals surface area contributed by atoms with Crippen LogP contribution in [0.25, 0.3) is 0 Å². The number of carbonyl (C=O) groups is 1. The van der Waals surface area contributed by atoms with E-state index >= 15 is 0 Å². The molecule has 118 valence electrons. The number of amides is 2. The minimum atomic E-state index is -0.185. The molecular formula is C16H21N3O2S. The number of rotatable bonds is 7. The number of nitrogens with one attached hydrogen (secondary N) is 2. The van der Waals surface area contributed by atoms with E-state index in [4.69, 9.17) is 4.74 Å². The quantitative estimate of drug-likeness (QED) is 0.825. The van der Waals surface area contributed by atoms with E-state index in [1.54, 1.807) is 16.8 Å². The highest BCUT2D eigenvalue weighted by molar-refractivity contribution is 7.07. The lowest BCUT2D eigenvalue weighted by molar-refractivity contribution is 0.226. The van der Waals surface area contributed by atoms with Crippen molar-refractivity contribution in [1.82, 2.24) is 15.6 Å². The second-order valence-electron chi connectivity index (χ2n) is 5.16. The summed E-state index contributed by atoms with van der Waals surface area (Å²) in [5.74, 6) is 0.817. The number of hydrogen-bond acceptors (Lipinski definition) is 4. The van der Waals surface area contributed by atoms with Gasteiger partial charge in [-0.2, -0.15) is 0 Å². The van der Waals surface area contributed by atoms with Gasteiger partial charge in [-0.25, -0.2) is 9.78 Å². The monoisotopic (exact) mass is 319 g/mol. The first-order chi connectivity index (χ1) is 10.6. The molecule has 1 aromatic heterocycles. The van der Waals surface area contributed by atoms with Crippen LogP contribution >= 0.6 is 11.3 Å². The van der Waals surface area contributed by atoms with Crippen molar-refractivity contribution in [3.8, 4) is 5.75 Å². The van der Waals surface area contributed by atoms with Crippen LogP contribution in [-0.2, 0) is 6.42 Å². The summed E-state index contributed by atoms with van der Waals surface area (Å²) >= 11 is 1.56. The summed E-state index contributed by atoms with van der Waals surface area (Å²) in [5, 5.41) is 7.65. The zero-order valence-corrected chi connectivity index (χ0v) is 13.7. The second kappa shape index (κ2) is 8.38. The van der Waals surface area contributed by atoms with E-state index in [-0.39, 0.29) is 12.1 Å². The van der Waals surface area contributed by atoms with Crippen LogP contribution in [0.4, 0.5) is 4.79 Å². The predicted octanol–water partition coefficient (Wildman–Crippen LogP) is 2.76. The first kappa shape index (κ1) is 16.3. The van der Waals surface area contributed by atoms with Crippen LogP contribution in [0, 0.1) is 6.92 Å². The summed E-state index contributed by atoms with van der Waals surface area (Å²) < 4.78 is 5.66. The van der Waals surface area contributed by atoms with Crippen LogP contribution in [0.2, 0.25) is 0 Å². The number of nitrogens with zero attached hydrogens (tertiary/aromatic N) is 1. The summed E-state index contributed by atoms with van der Waals surface area (Å²) in [7, 11) is 0. The van der Waals surface area contributed by atoms with Crippen LogP contribution < -0.4 is 15.4 Å². The molecule has 0 fully saturated rings. The maximum atomic E-state index is 11.8. The van der Waals surface area contributed by atoms with Gasteiger partial charge in [-0.1, -0.05) is 12.1 Å². The Morgan fingerprint density at radius 1 is 1.45 bits per heavy atom. The van der Waals surface area contributed by atoms with Crippen molar-refractivity contribution in [2.45, 2.75) is 26.3 Å². The maximum Gasteiger partial charge on any atom is 0.315 e. The maximum absolute atomic E-state index is 11.8. The van der Waals surface area contributed by atoms with Crippen molar-refractivity contribution in [3.63, 3.8) is 0 Å². The van der Waals surface area contributed by atoms with Gasteiger partial charge in [-0.15, -0.1) is 11.3 Å². The Morgan fingerprint density at radius 2 is 2.32 bits per heavy atom. The smallest absolute Gasteiger partial charge is 0.315 e. The number of aromatic nitrogens is 1. The molecule has 0 saturated heterocycles. The van der Waals surface area contributed by atoms with Gasteiger partial charge in [0.05, 0.1) is 17.2 Å². The number of aryl methyl sites for hydroxylation is 1. The largest absolute Gasteiger partial charge is 0.491 e. The zero-order chi connectivity index (χ0) is 15.8. The minimum absolute atomic E-state index is 0.0696. The molecule has 2 amide bonds. The zero-order valence-electron chi connectivity index (χ0n) is 12.8. The van der Waals surface area contributed by atoms with Crippen LogP contribution in [0.15, 0.2) is 35.2 Å². The minimum Gasteiger partial charge on any atom is -0.491 e. The van der Waals surface area contributed by atoms with Crippen molar-refractivity contribution in [3.05, 3.63) is 46.4 Å². The van der Waals surface area contributed by atoms with E-state index in [1.165, 1.54) is 0 Å². The highest BCUT2D eigenvalue weighted by Gasteiger charge is 2.07. The van der Waals surface area contributed by atoms with Gasteiger partial charge < -0.3 is 15.4 Å². The number of ether oxygens (including phenoxy) is 1. The van der Waals surface area contributed by atoms with Gasteiger partial charge in [-0.3, -0.25) is 0 Å². The highest BCUT2D eigenvalue weighted by Crippen LogP contribution is 2.12. The summed E-state index contributed by atoms with van der Waals surface area (Å²) in [6, 6.07) is 7.60. The average molecular weight is 319 g/mol. The van der Waals surface area contributed by atoms with Crippen molar-refractivity contribution in [2.75, 3.05) is 13.2 Å². The Hall–Kier alpha value is -2.08. The average Bonchev–Trinajstić information content (AvgIpc) is 2.98. The normalized spacial score (nSPS) is 11.7. The number of hydrogen-bond donors (Lipinski definition) is 2. The van der Waals surface area contributed by atoms with E-state index in [0.717, 1.165) is 23.4 Å². The van der Waals surface area contributed by atoms with Crippen LogP contribution in [0.1, 0.15) is 18.2 Å². The number of urea groups is 1. The van der Waals surface area contributed by atoms with Gasteiger partial charge in [0.25, 0.3) is 0 Å². The second-order valence-corrected chi connectivity index (χ2v) is 5.88. The summed E-state index contributed by atoms with van der Waals surface area (Å²) in [5.41, 5.74) is 3.94. The Balaban J connectivity index is 1.63. The molecule has 2 rings (SSSR count). The Bertz CT molecular complexity index is 587. The third kappa shape index (κ3) is 5.73. The van der Waals surface area contributed by atoms with Crippen molar-refractivity contribution >= 4 is 17.4 Å². The Morgan fingerprint density at radius 3 is 3.05 bits per heavy atom. The third-order valence-electron chi connectivity index (χ3n) is 3.02. The van der Waals surface area contributed by atoms with E-state index < -0.39 is 0 Å². The summed E-state index contributed by atoms with van der Waals surface area (Å²) in [6.45, 7) is 4.93. The molecule has 0 saturated carbocycles. The molecule has 0 aliphatic heterocycles. The van der Waals surface area contributed by atoms with Gasteiger partial charge >= 0.3 is 6.03 Å². The van der Waals surface area contributed by atoms with E-state index in [0.29, 0.717) is 13.2 Å². The fraction of sp³-hybridized carbons (Fsp3) is 0.375. The van der Waals surface area contributed by atoms with E-state index in [2.05, 4.69) is 15.6 Å². The fourth-order valence-corrected chi connectivity index (χ4v) is 2.50. The van der Waals surface area contributed by atoms with Gasteiger partial charge in [0.1, 0.15) is 12.4 Å². The molecule has 2 aromatic rings. The number of thiazole rings is 1. The molecule has 1 heterocycles. The van der Waals surface area contributed by atoms with Crippen molar-refractivity contribution in [2.24, 2.45) is 0 Å². The molecule has 0 bridgehead atoms. The lowest BCUT2D eigenvalue weighted by Gasteiger charge is -2.15. The molecule has 5 nitrogen and oxygen atoms in total. The van der Waals surface area contributed by atoms with Gasteiger partial charge in [0.2, 0.25) is 0 Å². The van der Waals surface area contributed by atoms with Gasteiger partial charge in [0.15, 0.2) is 0 Å². The molecule has 6 heteroatoms. The van der Waals surface area contributed by atoms with Crippen LogP contribution in [0.3, 0.4) is 0 Å². The molecule has 0 aliphatic rings. The lowest BCUT2D eigenvalue weighted by Crippen LogP contribution is -2.43. The van der Waals surface area contributed by atoms with Crippen LogP contribution in [0.5, 0.6) is 5.75 Å². The topological polar surface area (TPSA) is 63.2 Å². The Labute approximate surface area is 134 Å². The van der Waals surface area contributed by atoms with E-state index in [9.17, 15) is 4.79 Å². The van der Waals surface area contributed by atoms with Gasteiger partial charge in [-0.05, 0) is 31.5 Å². The number of benzene rings is 1. The molecule has 2 N–H and O–H groups in total. The molecule has 0 radical (unpaired) electrons. The standard InChI is InChI=1S/C16H21N3O2S/c1-12-4-3-5-15(8-12)21-9-13(2)19-16(20)17-7-6-14-10-22-11-18-14/h3-5,8,10-11,13H,6-7,9H2,1-2H3,(H2,17,19,20)/t13-/m1/s1. The highest BCUT2D eigenvalue weighted by atomic mass is 32.1.